The lowest BCUT2D eigenvalue weighted by molar-refractivity contribution is -0.123. The van der Waals surface area contributed by atoms with Crippen molar-refractivity contribution >= 4 is 40.6 Å². The van der Waals surface area contributed by atoms with Crippen LogP contribution in [0.2, 0.25) is 5.02 Å². The molecule has 0 spiro atoms. The minimum atomic E-state index is -0.299. The first-order chi connectivity index (χ1) is 13.3. The average Bonchev–Trinajstić information content (AvgIpc) is 2.89. The molecule has 1 saturated heterocycles. The second-order valence-electron chi connectivity index (χ2n) is 6.93. The number of thioether (sulfide) groups is 1. The molecule has 0 radical (unpaired) electrons. The first-order valence-electron chi connectivity index (χ1n) is 9.09. The van der Waals surface area contributed by atoms with Crippen LogP contribution in [0.15, 0.2) is 47.4 Å². The van der Waals surface area contributed by atoms with E-state index in [1.54, 1.807) is 24.3 Å². The second-order valence-corrected chi connectivity index (χ2v) is 8.36. The van der Waals surface area contributed by atoms with Gasteiger partial charge in [0, 0.05) is 5.02 Å². The van der Waals surface area contributed by atoms with Crippen LogP contribution in [0.25, 0.3) is 6.08 Å². The summed E-state index contributed by atoms with van der Waals surface area (Å²) in [6.45, 7) is 6.69. The van der Waals surface area contributed by atoms with Crippen LogP contribution in [-0.2, 0) is 4.79 Å². The molecule has 0 atom stereocenters. The monoisotopic (exact) mass is 415 g/mol. The Morgan fingerprint density at radius 1 is 1.18 bits per heavy atom. The molecule has 1 heterocycles. The summed E-state index contributed by atoms with van der Waals surface area (Å²) < 4.78 is 5.91. The van der Waals surface area contributed by atoms with Gasteiger partial charge >= 0.3 is 0 Å². The van der Waals surface area contributed by atoms with Gasteiger partial charge < -0.3 is 4.74 Å². The smallest absolute Gasteiger partial charge is 0.293 e. The number of halogens is 1. The molecular weight excluding hydrogens is 394 g/mol. The molecule has 0 aromatic heterocycles. The zero-order chi connectivity index (χ0) is 20.3. The molecule has 3 rings (SSSR count). The number of aryl methyl sites for hydroxylation is 1. The van der Waals surface area contributed by atoms with Crippen molar-refractivity contribution in [3.63, 3.8) is 0 Å². The summed E-state index contributed by atoms with van der Waals surface area (Å²) in [5.41, 5.74) is 3.01. The topological polar surface area (TPSA) is 46.6 Å². The number of benzene rings is 2. The zero-order valence-corrected chi connectivity index (χ0v) is 17.6. The lowest BCUT2D eigenvalue weighted by atomic mass is 10.0. The van der Waals surface area contributed by atoms with E-state index in [9.17, 15) is 9.59 Å². The van der Waals surface area contributed by atoms with Crippen molar-refractivity contribution in [3.05, 3.63) is 69.1 Å². The molecular formula is C22H22ClNO3S. The Balaban J connectivity index is 1.67. The summed E-state index contributed by atoms with van der Waals surface area (Å²) in [6.07, 6.45) is 1.69. The van der Waals surface area contributed by atoms with Gasteiger partial charge in [-0.3, -0.25) is 14.5 Å². The van der Waals surface area contributed by atoms with Gasteiger partial charge in [0.15, 0.2) is 0 Å². The van der Waals surface area contributed by atoms with E-state index in [1.165, 1.54) is 4.90 Å². The van der Waals surface area contributed by atoms with Crippen LogP contribution in [-0.4, -0.2) is 29.2 Å². The van der Waals surface area contributed by atoms with Crippen molar-refractivity contribution in [1.82, 2.24) is 4.90 Å². The van der Waals surface area contributed by atoms with E-state index < -0.39 is 0 Å². The number of hydrogen-bond donors (Lipinski definition) is 0. The largest absolute Gasteiger partial charge is 0.491 e. The molecule has 2 amide bonds. The van der Waals surface area contributed by atoms with Crippen LogP contribution in [0.3, 0.4) is 0 Å². The average molecular weight is 416 g/mol. The quantitative estimate of drug-likeness (QED) is 0.552. The highest BCUT2D eigenvalue weighted by Crippen LogP contribution is 2.33. The maximum atomic E-state index is 12.6. The summed E-state index contributed by atoms with van der Waals surface area (Å²) in [5, 5.41) is 0.302. The summed E-state index contributed by atoms with van der Waals surface area (Å²) in [5.74, 6) is 0.830. The Kier molecular flexibility index (Phi) is 6.47. The Morgan fingerprint density at radius 3 is 2.68 bits per heavy atom. The standard InChI is InChI=1S/C22H22ClNO3S/c1-14(2)18-8-7-15(3)11-19(18)27-10-9-24-21(25)20(28-22(24)26)13-16-5-4-6-17(23)12-16/h4-8,11-14H,9-10H2,1-3H3/b20-13-. The molecule has 6 heteroatoms. The van der Waals surface area contributed by atoms with Crippen molar-refractivity contribution in [2.45, 2.75) is 26.7 Å². The fraction of sp³-hybridized carbons (Fsp3) is 0.273. The number of hydrogen-bond acceptors (Lipinski definition) is 4. The van der Waals surface area contributed by atoms with Crippen LogP contribution >= 0.6 is 23.4 Å². The highest BCUT2D eigenvalue weighted by molar-refractivity contribution is 8.18. The van der Waals surface area contributed by atoms with Crippen molar-refractivity contribution in [1.29, 1.82) is 0 Å². The van der Waals surface area contributed by atoms with Crippen LogP contribution in [0.5, 0.6) is 5.75 Å². The van der Waals surface area contributed by atoms with Gasteiger partial charge in [0.1, 0.15) is 12.4 Å². The third kappa shape index (κ3) is 4.78. The van der Waals surface area contributed by atoms with E-state index in [2.05, 4.69) is 26.0 Å². The van der Waals surface area contributed by atoms with E-state index in [-0.39, 0.29) is 24.3 Å². The lowest BCUT2D eigenvalue weighted by Crippen LogP contribution is -2.32. The highest BCUT2D eigenvalue weighted by Gasteiger charge is 2.34. The van der Waals surface area contributed by atoms with Crippen molar-refractivity contribution < 1.29 is 14.3 Å². The van der Waals surface area contributed by atoms with Gasteiger partial charge in [0.05, 0.1) is 11.4 Å². The second kappa shape index (κ2) is 8.84. The predicted molar refractivity (Wildman–Crippen MR) is 115 cm³/mol. The molecule has 0 saturated carbocycles. The molecule has 4 nitrogen and oxygen atoms in total. The summed E-state index contributed by atoms with van der Waals surface area (Å²) in [4.78, 5) is 26.5. The number of carbonyl (C=O) groups is 2. The Morgan fingerprint density at radius 2 is 1.96 bits per heavy atom. The van der Waals surface area contributed by atoms with E-state index in [4.69, 9.17) is 16.3 Å². The first kappa shape index (κ1) is 20.5. The molecule has 0 bridgehead atoms. The van der Waals surface area contributed by atoms with Gasteiger partial charge in [0.2, 0.25) is 0 Å². The molecule has 1 aliphatic rings. The molecule has 0 N–H and O–H groups in total. The molecule has 2 aromatic rings. The number of rotatable bonds is 6. The third-order valence-corrected chi connectivity index (χ3v) is 5.53. The van der Waals surface area contributed by atoms with E-state index >= 15 is 0 Å². The van der Waals surface area contributed by atoms with E-state index in [0.717, 1.165) is 34.2 Å². The van der Waals surface area contributed by atoms with E-state index in [0.29, 0.717) is 15.8 Å². The number of carbonyl (C=O) groups excluding carboxylic acids is 2. The lowest BCUT2D eigenvalue weighted by Gasteiger charge is -2.17. The number of amides is 2. The minimum absolute atomic E-state index is 0.211. The molecule has 1 aliphatic heterocycles. The Bertz CT molecular complexity index is 939. The maximum absolute atomic E-state index is 12.6. The van der Waals surface area contributed by atoms with Crippen LogP contribution in [0.4, 0.5) is 4.79 Å². The first-order valence-corrected chi connectivity index (χ1v) is 10.3. The summed E-state index contributed by atoms with van der Waals surface area (Å²) in [7, 11) is 0. The number of imide groups is 1. The minimum Gasteiger partial charge on any atom is -0.491 e. The molecule has 2 aromatic carbocycles. The van der Waals surface area contributed by atoms with Gasteiger partial charge in [0.25, 0.3) is 11.1 Å². The van der Waals surface area contributed by atoms with Gasteiger partial charge in [-0.25, -0.2) is 0 Å². The van der Waals surface area contributed by atoms with Gasteiger partial charge in [-0.15, -0.1) is 0 Å². The third-order valence-electron chi connectivity index (χ3n) is 4.38. The molecule has 0 aliphatic carbocycles. The van der Waals surface area contributed by atoms with Crippen LogP contribution < -0.4 is 4.74 Å². The Labute approximate surface area is 174 Å². The maximum Gasteiger partial charge on any atom is 0.293 e. The zero-order valence-electron chi connectivity index (χ0n) is 16.1. The molecule has 1 fully saturated rings. The van der Waals surface area contributed by atoms with Crippen LogP contribution in [0.1, 0.15) is 36.5 Å². The molecule has 0 unspecified atom stereocenters. The van der Waals surface area contributed by atoms with Crippen molar-refractivity contribution in [2.75, 3.05) is 13.2 Å². The van der Waals surface area contributed by atoms with Gasteiger partial charge in [-0.2, -0.15) is 0 Å². The van der Waals surface area contributed by atoms with E-state index in [1.807, 2.05) is 19.1 Å². The fourth-order valence-corrected chi connectivity index (χ4v) is 3.99. The molecule has 146 valence electrons. The van der Waals surface area contributed by atoms with Gasteiger partial charge in [-0.1, -0.05) is 49.7 Å². The van der Waals surface area contributed by atoms with Gasteiger partial charge in [-0.05, 0) is 65.6 Å². The SMILES string of the molecule is Cc1ccc(C(C)C)c(OCCN2C(=O)S/C(=C\c3cccc(Cl)c3)C2=O)c1. The molecule has 28 heavy (non-hydrogen) atoms. The summed E-state index contributed by atoms with van der Waals surface area (Å²) >= 11 is 6.92. The fourth-order valence-electron chi connectivity index (χ4n) is 2.93. The normalized spacial score (nSPS) is 15.8. The highest BCUT2D eigenvalue weighted by atomic mass is 35.5. The Hall–Kier alpha value is -2.24. The van der Waals surface area contributed by atoms with Crippen molar-refractivity contribution in [3.8, 4) is 5.75 Å². The summed E-state index contributed by atoms with van der Waals surface area (Å²) in [6, 6.07) is 13.3. The van der Waals surface area contributed by atoms with Crippen molar-refractivity contribution in [2.24, 2.45) is 0 Å². The number of ether oxygens (including phenoxy) is 1. The predicted octanol–water partition coefficient (Wildman–Crippen LogP) is 5.89. The number of nitrogens with zero attached hydrogens (tertiary/aromatic N) is 1. The van der Waals surface area contributed by atoms with Crippen LogP contribution in [0, 0.1) is 6.92 Å².